The van der Waals surface area contributed by atoms with Crippen LogP contribution in [0.25, 0.3) is 0 Å². The van der Waals surface area contributed by atoms with E-state index in [-0.39, 0.29) is 18.0 Å². The number of carbonyl (C=O) groups excluding carboxylic acids is 2. The van der Waals surface area contributed by atoms with E-state index in [2.05, 4.69) is 20.2 Å². The molecule has 0 aliphatic carbocycles. The third-order valence-electron chi connectivity index (χ3n) is 3.61. The zero-order chi connectivity index (χ0) is 17.7. The van der Waals surface area contributed by atoms with E-state index < -0.39 is 0 Å². The number of nitrogens with one attached hydrogen (secondary N) is 1. The molecule has 0 aromatic carbocycles. The average Bonchev–Trinajstić information content (AvgIpc) is 2.54. The summed E-state index contributed by atoms with van der Waals surface area (Å²) in [7, 11) is 0. The quantitative estimate of drug-likeness (QED) is 0.890. The highest BCUT2D eigenvalue weighted by Gasteiger charge is 2.23. The first-order valence-corrected chi connectivity index (χ1v) is 8.24. The molecule has 1 fully saturated rings. The molecule has 8 nitrogen and oxygen atoms in total. The summed E-state index contributed by atoms with van der Waals surface area (Å²) in [6.07, 6.45) is -0.284. The van der Waals surface area contributed by atoms with Crippen molar-refractivity contribution in [2.24, 2.45) is 0 Å². The first kappa shape index (κ1) is 18.0. The van der Waals surface area contributed by atoms with Gasteiger partial charge in [-0.2, -0.15) is 0 Å². The van der Waals surface area contributed by atoms with Crippen LogP contribution in [-0.4, -0.2) is 65.7 Å². The van der Waals surface area contributed by atoms with Gasteiger partial charge >= 0.3 is 6.09 Å². The minimum absolute atomic E-state index is 0.0457. The number of piperazine rings is 1. The molecule has 132 valence electrons. The smallest absolute Gasteiger partial charge is 0.409 e. The van der Waals surface area contributed by atoms with Gasteiger partial charge in [0.1, 0.15) is 17.3 Å². The van der Waals surface area contributed by atoms with Crippen molar-refractivity contribution in [1.29, 1.82) is 0 Å². The molecule has 24 heavy (non-hydrogen) atoms. The standard InChI is InChI=1S/C16H25N5O3/c1-5-24-16(23)21-8-6-20(7-9-21)14-10-13(18-12(4)19-14)15(22)17-11(2)3/h10-11H,5-9H2,1-4H3,(H,17,22). The van der Waals surface area contributed by atoms with E-state index in [1.165, 1.54) is 0 Å². The van der Waals surface area contributed by atoms with E-state index in [4.69, 9.17) is 4.74 Å². The van der Waals surface area contributed by atoms with Gasteiger partial charge < -0.3 is 19.9 Å². The molecule has 0 unspecified atom stereocenters. The zero-order valence-electron chi connectivity index (χ0n) is 14.7. The molecule has 1 saturated heterocycles. The maximum absolute atomic E-state index is 12.2. The summed E-state index contributed by atoms with van der Waals surface area (Å²) >= 11 is 0. The summed E-state index contributed by atoms with van der Waals surface area (Å²) in [5.74, 6) is 1.05. The Bertz CT molecular complexity index is 597. The Hall–Kier alpha value is -2.38. The lowest BCUT2D eigenvalue weighted by atomic mass is 10.2. The maximum Gasteiger partial charge on any atom is 0.409 e. The van der Waals surface area contributed by atoms with Crippen LogP contribution in [0.3, 0.4) is 0 Å². The third-order valence-corrected chi connectivity index (χ3v) is 3.61. The van der Waals surface area contributed by atoms with E-state index in [1.54, 1.807) is 24.8 Å². The van der Waals surface area contributed by atoms with Crippen LogP contribution in [0.1, 0.15) is 37.1 Å². The van der Waals surface area contributed by atoms with Crippen LogP contribution < -0.4 is 10.2 Å². The average molecular weight is 335 g/mol. The van der Waals surface area contributed by atoms with Gasteiger partial charge in [0, 0.05) is 38.3 Å². The number of anilines is 1. The Balaban J connectivity index is 2.06. The van der Waals surface area contributed by atoms with E-state index in [9.17, 15) is 9.59 Å². The number of rotatable bonds is 4. The molecule has 0 spiro atoms. The van der Waals surface area contributed by atoms with Crippen molar-refractivity contribution in [2.45, 2.75) is 33.7 Å². The van der Waals surface area contributed by atoms with E-state index in [1.807, 2.05) is 13.8 Å². The van der Waals surface area contributed by atoms with E-state index in [0.717, 1.165) is 0 Å². The number of hydrogen-bond donors (Lipinski definition) is 1. The van der Waals surface area contributed by atoms with Crippen molar-refractivity contribution in [1.82, 2.24) is 20.2 Å². The lowest BCUT2D eigenvalue weighted by molar-refractivity contribution is 0.0937. The predicted octanol–water partition coefficient (Wildman–Crippen LogP) is 1.20. The molecule has 1 aromatic rings. The summed E-state index contributed by atoms with van der Waals surface area (Å²) in [5, 5.41) is 2.84. The summed E-state index contributed by atoms with van der Waals surface area (Å²) < 4.78 is 5.02. The molecule has 1 N–H and O–H groups in total. The molecule has 0 saturated carbocycles. The van der Waals surface area contributed by atoms with Gasteiger partial charge in [0.2, 0.25) is 0 Å². The van der Waals surface area contributed by atoms with Crippen LogP contribution in [0, 0.1) is 6.92 Å². The molecule has 2 amide bonds. The summed E-state index contributed by atoms with van der Waals surface area (Å²) in [4.78, 5) is 36.3. The molecule has 0 atom stereocenters. The summed E-state index contributed by atoms with van der Waals surface area (Å²) in [6, 6.07) is 1.74. The normalized spacial score (nSPS) is 14.7. The summed E-state index contributed by atoms with van der Waals surface area (Å²) in [6.45, 7) is 10.2. The number of aryl methyl sites for hydroxylation is 1. The molecular formula is C16H25N5O3. The largest absolute Gasteiger partial charge is 0.450 e. The lowest BCUT2D eigenvalue weighted by Crippen LogP contribution is -2.49. The predicted molar refractivity (Wildman–Crippen MR) is 90.2 cm³/mol. The molecule has 8 heteroatoms. The summed E-state index contributed by atoms with van der Waals surface area (Å²) in [5.41, 5.74) is 0.360. The van der Waals surface area contributed by atoms with Crippen molar-refractivity contribution in [3.05, 3.63) is 17.6 Å². The van der Waals surface area contributed by atoms with Crippen LogP contribution in [0.15, 0.2) is 6.07 Å². The van der Waals surface area contributed by atoms with Crippen molar-refractivity contribution < 1.29 is 14.3 Å². The topological polar surface area (TPSA) is 87.7 Å². The second-order valence-electron chi connectivity index (χ2n) is 5.96. The Morgan fingerprint density at radius 3 is 2.50 bits per heavy atom. The van der Waals surface area contributed by atoms with E-state index >= 15 is 0 Å². The molecule has 0 bridgehead atoms. The Kier molecular flexibility index (Phi) is 5.94. The van der Waals surface area contributed by atoms with Gasteiger partial charge in [-0.1, -0.05) is 0 Å². The number of amides is 2. The Morgan fingerprint density at radius 2 is 1.92 bits per heavy atom. The van der Waals surface area contributed by atoms with Crippen molar-refractivity contribution in [3.8, 4) is 0 Å². The number of nitrogens with zero attached hydrogens (tertiary/aromatic N) is 4. The number of carbonyl (C=O) groups is 2. The first-order valence-electron chi connectivity index (χ1n) is 8.24. The van der Waals surface area contributed by atoms with Crippen molar-refractivity contribution in [3.63, 3.8) is 0 Å². The minimum Gasteiger partial charge on any atom is -0.450 e. The number of hydrogen-bond acceptors (Lipinski definition) is 6. The van der Waals surface area contributed by atoms with Crippen LogP contribution in [0.4, 0.5) is 10.6 Å². The maximum atomic E-state index is 12.2. The molecule has 1 aliphatic rings. The van der Waals surface area contributed by atoms with Crippen LogP contribution in [0.5, 0.6) is 0 Å². The highest BCUT2D eigenvalue weighted by Crippen LogP contribution is 2.16. The molecule has 0 radical (unpaired) electrons. The van der Waals surface area contributed by atoms with Gasteiger partial charge in [-0.25, -0.2) is 14.8 Å². The van der Waals surface area contributed by atoms with Gasteiger partial charge in [0.25, 0.3) is 5.91 Å². The van der Waals surface area contributed by atoms with Crippen LogP contribution in [0.2, 0.25) is 0 Å². The van der Waals surface area contributed by atoms with Gasteiger partial charge in [0.15, 0.2) is 0 Å². The minimum atomic E-state index is -0.284. The monoisotopic (exact) mass is 335 g/mol. The van der Waals surface area contributed by atoms with Crippen molar-refractivity contribution >= 4 is 17.8 Å². The van der Waals surface area contributed by atoms with Crippen LogP contribution >= 0.6 is 0 Å². The van der Waals surface area contributed by atoms with Gasteiger partial charge in [-0.3, -0.25) is 4.79 Å². The zero-order valence-corrected chi connectivity index (χ0v) is 14.7. The fourth-order valence-corrected chi connectivity index (χ4v) is 2.50. The fourth-order valence-electron chi connectivity index (χ4n) is 2.50. The molecule has 2 rings (SSSR count). The highest BCUT2D eigenvalue weighted by molar-refractivity contribution is 5.93. The SMILES string of the molecule is CCOC(=O)N1CCN(c2cc(C(=O)NC(C)C)nc(C)n2)CC1. The molecule has 2 heterocycles. The number of aromatic nitrogens is 2. The van der Waals surface area contributed by atoms with Gasteiger partial charge in [0.05, 0.1) is 6.61 Å². The first-order chi connectivity index (χ1) is 11.4. The Morgan fingerprint density at radius 1 is 1.25 bits per heavy atom. The van der Waals surface area contributed by atoms with Gasteiger partial charge in [-0.05, 0) is 27.7 Å². The van der Waals surface area contributed by atoms with Crippen molar-refractivity contribution in [2.75, 3.05) is 37.7 Å². The highest BCUT2D eigenvalue weighted by atomic mass is 16.6. The third kappa shape index (κ3) is 4.56. The van der Waals surface area contributed by atoms with E-state index in [0.29, 0.717) is 50.1 Å². The number of ether oxygens (including phenoxy) is 1. The van der Waals surface area contributed by atoms with Crippen LogP contribution in [-0.2, 0) is 4.74 Å². The lowest BCUT2D eigenvalue weighted by Gasteiger charge is -2.34. The molecule has 1 aromatic heterocycles. The Labute approximate surface area is 142 Å². The fraction of sp³-hybridized carbons (Fsp3) is 0.625. The second-order valence-corrected chi connectivity index (χ2v) is 5.96. The molecular weight excluding hydrogens is 310 g/mol. The van der Waals surface area contributed by atoms with Gasteiger partial charge in [-0.15, -0.1) is 0 Å². The second kappa shape index (κ2) is 7.94. The molecule has 1 aliphatic heterocycles.